The van der Waals surface area contributed by atoms with Crippen LogP contribution in [0.1, 0.15) is 44.9 Å². The summed E-state index contributed by atoms with van der Waals surface area (Å²) in [6.45, 7) is 4.60. The van der Waals surface area contributed by atoms with E-state index in [1.54, 1.807) is 0 Å². The summed E-state index contributed by atoms with van der Waals surface area (Å²) in [5.41, 5.74) is 0.0939. The molecular formula is C19H29N3O4. The minimum atomic E-state index is -0.222. The molecule has 0 radical (unpaired) electrons. The Morgan fingerprint density at radius 1 is 1.15 bits per heavy atom. The van der Waals surface area contributed by atoms with Crippen molar-refractivity contribution in [1.82, 2.24) is 14.7 Å². The van der Waals surface area contributed by atoms with Crippen LogP contribution in [0.15, 0.2) is 0 Å². The average molecular weight is 363 g/mol. The smallest absolute Gasteiger partial charge is 0.410 e. The third kappa shape index (κ3) is 2.35. The first-order valence-electron chi connectivity index (χ1n) is 10.1. The summed E-state index contributed by atoms with van der Waals surface area (Å²) in [7, 11) is 1.46. The van der Waals surface area contributed by atoms with Gasteiger partial charge in [-0.05, 0) is 37.5 Å². The highest BCUT2D eigenvalue weighted by molar-refractivity contribution is 5.72. The van der Waals surface area contributed by atoms with Gasteiger partial charge in [0.1, 0.15) is 5.60 Å². The fourth-order valence-corrected chi connectivity index (χ4v) is 6.29. The second kappa shape index (κ2) is 5.75. The van der Waals surface area contributed by atoms with Crippen LogP contribution in [0.3, 0.4) is 0 Å². The van der Waals surface area contributed by atoms with Crippen LogP contribution in [0.4, 0.5) is 9.59 Å². The van der Waals surface area contributed by atoms with Crippen LogP contribution in [-0.4, -0.2) is 84.4 Å². The van der Waals surface area contributed by atoms with E-state index in [-0.39, 0.29) is 17.8 Å². The van der Waals surface area contributed by atoms with E-state index in [4.69, 9.17) is 9.47 Å². The number of ether oxygens (including phenoxy) is 2. The van der Waals surface area contributed by atoms with Gasteiger partial charge in [0, 0.05) is 51.6 Å². The molecule has 1 unspecified atom stereocenters. The Hall–Kier alpha value is -1.50. The maximum atomic E-state index is 12.1. The van der Waals surface area contributed by atoms with Gasteiger partial charge in [0.2, 0.25) is 0 Å². The Morgan fingerprint density at radius 2 is 1.92 bits per heavy atom. The first-order chi connectivity index (χ1) is 12.5. The van der Waals surface area contributed by atoms with Gasteiger partial charge in [0.05, 0.1) is 13.2 Å². The molecule has 0 bridgehead atoms. The van der Waals surface area contributed by atoms with Crippen molar-refractivity contribution in [2.45, 2.75) is 62.6 Å². The van der Waals surface area contributed by atoms with Crippen molar-refractivity contribution in [3.63, 3.8) is 0 Å². The molecule has 0 aromatic carbocycles. The Balaban J connectivity index is 1.16. The molecule has 5 rings (SSSR count). The molecule has 4 aliphatic heterocycles. The Labute approximate surface area is 154 Å². The molecule has 4 saturated heterocycles. The van der Waals surface area contributed by atoms with Gasteiger partial charge in [-0.3, -0.25) is 0 Å². The van der Waals surface area contributed by atoms with Gasteiger partial charge in [-0.2, -0.15) is 0 Å². The molecule has 0 aromatic heterocycles. The molecule has 5 aliphatic rings. The number of carbonyl (C=O) groups is 2. The molecule has 2 amide bonds. The van der Waals surface area contributed by atoms with Crippen molar-refractivity contribution >= 4 is 12.2 Å². The number of hydrogen-bond acceptors (Lipinski definition) is 5. The molecule has 1 saturated carbocycles. The number of hydrogen-bond donors (Lipinski definition) is 0. The molecule has 144 valence electrons. The second-order valence-electron chi connectivity index (χ2n) is 9.02. The number of fused-ring (bicyclic) bond motifs is 2. The monoisotopic (exact) mass is 363 g/mol. The summed E-state index contributed by atoms with van der Waals surface area (Å²) in [6.07, 6.45) is 7.35. The van der Waals surface area contributed by atoms with Crippen molar-refractivity contribution in [3.8, 4) is 0 Å². The fourth-order valence-electron chi connectivity index (χ4n) is 6.29. The van der Waals surface area contributed by atoms with E-state index < -0.39 is 0 Å². The van der Waals surface area contributed by atoms with Gasteiger partial charge < -0.3 is 24.2 Å². The van der Waals surface area contributed by atoms with E-state index in [1.807, 2.05) is 9.80 Å². The minimum absolute atomic E-state index is 0.0857. The summed E-state index contributed by atoms with van der Waals surface area (Å²) in [5, 5.41) is 0. The highest BCUT2D eigenvalue weighted by Gasteiger charge is 2.58. The maximum absolute atomic E-state index is 12.1. The second-order valence-corrected chi connectivity index (χ2v) is 9.02. The van der Waals surface area contributed by atoms with Crippen molar-refractivity contribution in [2.24, 2.45) is 5.41 Å². The lowest BCUT2D eigenvalue weighted by Gasteiger charge is -2.52. The standard InChI is InChI=1S/C19H29N3O4/c1-25-16(23)21-8-4-18(13-21)11-14(12-18)20-9-5-19(6-10-20)15-3-2-7-22(15)17(24)26-19/h14-15H,2-13H2,1H3. The lowest BCUT2D eigenvalue weighted by molar-refractivity contribution is -0.0621. The zero-order valence-electron chi connectivity index (χ0n) is 15.6. The number of likely N-dealkylation sites (tertiary alicyclic amines) is 2. The van der Waals surface area contributed by atoms with E-state index in [9.17, 15) is 9.59 Å². The molecule has 0 aromatic rings. The van der Waals surface area contributed by atoms with Crippen LogP contribution < -0.4 is 0 Å². The molecule has 1 atom stereocenters. The quantitative estimate of drug-likeness (QED) is 0.714. The summed E-state index contributed by atoms with van der Waals surface area (Å²) < 4.78 is 10.8. The van der Waals surface area contributed by atoms with E-state index in [1.165, 1.54) is 20.0 Å². The van der Waals surface area contributed by atoms with E-state index in [0.29, 0.717) is 17.5 Å². The molecule has 7 nitrogen and oxygen atoms in total. The Bertz CT molecular complexity index is 610. The lowest BCUT2D eigenvalue weighted by Crippen LogP contribution is -2.58. The van der Waals surface area contributed by atoms with Crippen molar-refractivity contribution in [2.75, 3.05) is 39.8 Å². The topological polar surface area (TPSA) is 62.3 Å². The van der Waals surface area contributed by atoms with Crippen LogP contribution in [-0.2, 0) is 9.47 Å². The minimum Gasteiger partial charge on any atom is -0.453 e. The van der Waals surface area contributed by atoms with Crippen LogP contribution in [0.2, 0.25) is 0 Å². The first-order valence-corrected chi connectivity index (χ1v) is 10.1. The molecule has 1 aliphatic carbocycles. The summed E-state index contributed by atoms with van der Waals surface area (Å²) in [4.78, 5) is 30.3. The zero-order chi connectivity index (χ0) is 17.9. The molecular weight excluding hydrogens is 334 g/mol. The maximum Gasteiger partial charge on any atom is 0.410 e. The Kier molecular flexibility index (Phi) is 3.68. The van der Waals surface area contributed by atoms with Crippen molar-refractivity contribution in [3.05, 3.63) is 0 Å². The predicted octanol–water partition coefficient (Wildman–Crippen LogP) is 2.06. The number of piperidine rings is 1. The third-order valence-corrected chi connectivity index (χ3v) is 7.75. The van der Waals surface area contributed by atoms with Crippen LogP contribution in [0.5, 0.6) is 0 Å². The normalized spacial score (nSPS) is 38.6. The van der Waals surface area contributed by atoms with E-state index >= 15 is 0 Å². The highest BCUT2D eigenvalue weighted by Crippen LogP contribution is 2.52. The molecule has 0 N–H and O–H groups in total. The number of carbonyl (C=O) groups excluding carboxylic acids is 2. The van der Waals surface area contributed by atoms with Gasteiger partial charge in [-0.15, -0.1) is 0 Å². The number of nitrogens with zero attached hydrogens (tertiary/aromatic N) is 3. The van der Waals surface area contributed by atoms with Crippen LogP contribution in [0.25, 0.3) is 0 Å². The van der Waals surface area contributed by atoms with E-state index in [0.717, 1.165) is 64.8 Å². The van der Waals surface area contributed by atoms with Crippen molar-refractivity contribution < 1.29 is 19.1 Å². The summed E-state index contributed by atoms with van der Waals surface area (Å²) >= 11 is 0. The third-order valence-electron chi connectivity index (χ3n) is 7.75. The number of rotatable bonds is 1. The molecule has 7 heteroatoms. The largest absolute Gasteiger partial charge is 0.453 e. The van der Waals surface area contributed by atoms with Crippen LogP contribution in [0, 0.1) is 5.41 Å². The fraction of sp³-hybridized carbons (Fsp3) is 0.895. The zero-order valence-corrected chi connectivity index (χ0v) is 15.6. The predicted molar refractivity (Wildman–Crippen MR) is 93.8 cm³/mol. The molecule has 2 spiro atoms. The number of methoxy groups -OCH3 is 1. The lowest BCUT2D eigenvalue weighted by atomic mass is 9.64. The first kappa shape index (κ1) is 16.7. The van der Waals surface area contributed by atoms with Gasteiger partial charge in [-0.1, -0.05) is 0 Å². The SMILES string of the molecule is COC(=O)N1CCC2(CC(N3CCC4(CC3)OC(=O)N3CCCC34)C2)C1. The van der Waals surface area contributed by atoms with Gasteiger partial charge >= 0.3 is 12.2 Å². The molecule has 5 fully saturated rings. The van der Waals surface area contributed by atoms with Gasteiger partial charge in [0.25, 0.3) is 0 Å². The summed E-state index contributed by atoms with van der Waals surface area (Å²) in [5.74, 6) is 0. The van der Waals surface area contributed by atoms with Crippen LogP contribution >= 0.6 is 0 Å². The number of amides is 2. The molecule has 26 heavy (non-hydrogen) atoms. The van der Waals surface area contributed by atoms with E-state index in [2.05, 4.69) is 4.90 Å². The highest BCUT2D eigenvalue weighted by atomic mass is 16.6. The Morgan fingerprint density at radius 3 is 2.65 bits per heavy atom. The van der Waals surface area contributed by atoms with Gasteiger partial charge in [-0.25, -0.2) is 9.59 Å². The van der Waals surface area contributed by atoms with Crippen molar-refractivity contribution in [1.29, 1.82) is 0 Å². The van der Waals surface area contributed by atoms with Gasteiger partial charge in [0.15, 0.2) is 0 Å². The average Bonchev–Trinajstić information content (AvgIpc) is 3.32. The summed E-state index contributed by atoms with van der Waals surface area (Å²) in [6, 6.07) is 0.940. The molecule has 4 heterocycles.